The Hall–Kier alpha value is -1.58. The number of benzene rings is 1. The molecule has 3 nitrogen and oxygen atoms in total. The molecule has 0 aliphatic rings. The van der Waals surface area contributed by atoms with Gasteiger partial charge in [0.2, 0.25) is 0 Å². The molecule has 98 valence electrons. The van der Waals surface area contributed by atoms with Gasteiger partial charge in [-0.15, -0.1) is 0 Å². The number of halogens is 2. The van der Waals surface area contributed by atoms with Gasteiger partial charge in [-0.25, -0.2) is 4.98 Å². The SMILES string of the molecule is O=C(NCCc1ccc(Cl)cc1)c1ncccc1Cl. The van der Waals surface area contributed by atoms with Crippen molar-refractivity contribution in [1.29, 1.82) is 0 Å². The molecule has 5 heteroatoms. The van der Waals surface area contributed by atoms with Gasteiger partial charge in [-0.3, -0.25) is 4.79 Å². The van der Waals surface area contributed by atoms with Gasteiger partial charge in [-0.05, 0) is 36.2 Å². The van der Waals surface area contributed by atoms with Gasteiger partial charge in [-0.1, -0.05) is 35.3 Å². The molecule has 1 aromatic heterocycles. The molecule has 0 bridgehead atoms. The smallest absolute Gasteiger partial charge is 0.271 e. The molecule has 1 aromatic carbocycles. The number of pyridine rings is 1. The number of nitrogens with one attached hydrogen (secondary N) is 1. The predicted octanol–water partition coefficient (Wildman–Crippen LogP) is 3.36. The first-order chi connectivity index (χ1) is 9.16. The third-order valence-electron chi connectivity index (χ3n) is 2.59. The number of rotatable bonds is 4. The number of hydrogen-bond acceptors (Lipinski definition) is 2. The zero-order valence-electron chi connectivity index (χ0n) is 10.1. The van der Waals surface area contributed by atoms with Crippen molar-refractivity contribution in [3.63, 3.8) is 0 Å². The molecule has 0 spiro atoms. The fourth-order valence-corrected chi connectivity index (χ4v) is 1.94. The minimum atomic E-state index is -0.264. The van der Waals surface area contributed by atoms with Crippen LogP contribution in [0, 0.1) is 0 Å². The highest BCUT2D eigenvalue weighted by Crippen LogP contribution is 2.12. The largest absolute Gasteiger partial charge is 0.350 e. The summed E-state index contributed by atoms with van der Waals surface area (Å²) in [6, 6.07) is 10.8. The first kappa shape index (κ1) is 13.8. The average Bonchev–Trinajstić information content (AvgIpc) is 2.41. The van der Waals surface area contributed by atoms with Crippen LogP contribution in [-0.2, 0) is 6.42 Å². The summed E-state index contributed by atoms with van der Waals surface area (Å²) in [7, 11) is 0. The summed E-state index contributed by atoms with van der Waals surface area (Å²) >= 11 is 11.7. The maximum Gasteiger partial charge on any atom is 0.271 e. The van der Waals surface area contributed by atoms with Gasteiger partial charge < -0.3 is 5.32 Å². The first-order valence-corrected chi connectivity index (χ1v) is 6.55. The molecule has 19 heavy (non-hydrogen) atoms. The first-order valence-electron chi connectivity index (χ1n) is 5.80. The summed E-state index contributed by atoms with van der Waals surface area (Å²) in [6.45, 7) is 0.521. The number of aromatic nitrogens is 1. The lowest BCUT2D eigenvalue weighted by atomic mass is 10.1. The van der Waals surface area contributed by atoms with Crippen LogP contribution >= 0.6 is 23.2 Å². The third kappa shape index (κ3) is 3.94. The molecule has 0 atom stereocenters. The van der Waals surface area contributed by atoms with Crippen LogP contribution < -0.4 is 5.32 Å². The average molecular weight is 295 g/mol. The zero-order valence-corrected chi connectivity index (χ0v) is 11.6. The van der Waals surface area contributed by atoms with Gasteiger partial charge in [0.05, 0.1) is 5.02 Å². The van der Waals surface area contributed by atoms with E-state index in [1.165, 1.54) is 0 Å². The van der Waals surface area contributed by atoms with Crippen LogP contribution in [0.25, 0.3) is 0 Å². The predicted molar refractivity (Wildman–Crippen MR) is 76.7 cm³/mol. The van der Waals surface area contributed by atoms with E-state index in [0.29, 0.717) is 16.6 Å². The van der Waals surface area contributed by atoms with Gasteiger partial charge >= 0.3 is 0 Å². The fraction of sp³-hybridized carbons (Fsp3) is 0.143. The van der Waals surface area contributed by atoms with E-state index < -0.39 is 0 Å². The van der Waals surface area contributed by atoms with Crippen LogP contribution in [0.3, 0.4) is 0 Å². The van der Waals surface area contributed by atoms with Crippen molar-refractivity contribution in [2.24, 2.45) is 0 Å². The van der Waals surface area contributed by atoms with Gasteiger partial charge in [0.1, 0.15) is 5.69 Å². The Labute approximate surface area is 121 Å². The summed E-state index contributed by atoms with van der Waals surface area (Å²) in [4.78, 5) is 15.8. The molecule has 0 aliphatic heterocycles. The Morgan fingerprint density at radius 2 is 1.89 bits per heavy atom. The van der Waals surface area contributed by atoms with E-state index in [4.69, 9.17) is 23.2 Å². The zero-order chi connectivity index (χ0) is 13.7. The minimum absolute atomic E-state index is 0.250. The van der Waals surface area contributed by atoms with E-state index in [2.05, 4.69) is 10.3 Å². The number of amides is 1. The van der Waals surface area contributed by atoms with E-state index >= 15 is 0 Å². The normalized spacial score (nSPS) is 10.2. The summed E-state index contributed by atoms with van der Waals surface area (Å²) in [6.07, 6.45) is 2.27. The van der Waals surface area contributed by atoms with E-state index in [1.54, 1.807) is 18.3 Å². The van der Waals surface area contributed by atoms with Crippen molar-refractivity contribution in [2.75, 3.05) is 6.54 Å². The number of carbonyl (C=O) groups excluding carboxylic acids is 1. The second kappa shape index (κ2) is 6.55. The number of hydrogen-bond donors (Lipinski definition) is 1. The van der Waals surface area contributed by atoms with Crippen molar-refractivity contribution in [1.82, 2.24) is 10.3 Å². The molecule has 0 unspecified atom stereocenters. The summed E-state index contributed by atoms with van der Waals surface area (Å²) in [5.41, 5.74) is 1.36. The van der Waals surface area contributed by atoms with Crippen LogP contribution in [0.4, 0.5) is 0 Å². The third-order valence-corrected chi connectivity index (χ3v) is 3.14. The van der Waals surface area contributed by atoms with Crippen LogP contribution in [0.5, 0.6) is 0 Å². The second-order valence-corrected chi connectivity index (χ2v) is 4.81. The van der Waals surface area contributed by atoms with Gasteiger partial charge in [0.25, 0.3) is 5.91 Å². The quantitative estimate of drug-likeness (QED) is 0.939. The topological polar surface area (TPSA) is 42.0 Å². The molecule has 1 N–H and O–H groups in total. The Bertz CT molecular complexity index is 570. The Morgan fingerprint density at radius 1 is 1.16 bits per heavy atom. The van der Waals surface area contributed by atoms with Crippen molar-refractivity contribution < 1.29 is 4.79 Å². The van der Waals surface area contributed by atoms with Crippen LogP contribution in [0.2, 0.25) is 10.0 Å². The molecule has 0 saturated heterocycles. The van der Waals surface area contributed by atoms with Crippen molar-refractivity contribution >= 4 is 29.1 Å². The molecule has 2 aromatic rings. The highest BCUT2D eigenvalue weighted by Gasteiger charge is 2.10. The van der Waals surface area contributed by atoms with Crippen LogP contribution in [0.15, 0.2) is 42.6 Å². The van der Waals surface area contributed by atoms with Gasteiger partial charge in [0.15, 0.2) is 0 Å². The molecular weight excluding hydrogens is 283 g/mol. The molecule has 1 amide bonds. The lowest BCUT2D eigenvalue weighted by Crippen LogP contribution is -2.26. The van der Waals surface area contributed by atoms with Gasteiger partial charge in [0, 0.05) is 17.8 Å². The highest BCUT2D eigenvalue weighted by molar-refractivity contribution is 6.33. The van der Waals surface area contributed by atoms with E-state index in [9.17, 15) is 4.79 Å². The van der Waals surface area contributed by atoms with E-state index in [1.807, 2.05) is 24.3 Å². The minimum Gasteiger partial charge on any atom is -0.350 e. The Morgan fingerprint density at radius 3 is 2.58 bits per heavy atom. The molecule has 0 aliphatic carbocycles. The monoisotopic (exact) mass is 294 g/mol. The van der Waals surface area contributed by atoms with Crippen molar-refractivity contribution in [3.8, 4) is 0 Å². The maximum absolute atomic E-state index is 11.8. The standard InChI is InChI=1S/C14H12Cl2N2O/c15-11-5-3-10(4-6-11)7-9-18-14(19)13-12(16)2-1-8-17-13/h1-6,8H,7,9H2,(H,18,19). The number of nitrogens with zero attached hydrogens (tertiary/aromatic N) is 1. The Kier molecular flexibility index (Phi) is 4.77. The summed E-state index contributed by atoms with van der Waals surface area (Å²) in [5.74, 6) is -0.264. The fourth-order valence-electron chi connectivity index (χ4n) is 1.61. The molecule has 0 saturated carbocycles. The lowest BCUT2D eigenvalue weighted by molar-refractivity contribution is 0.0949. The summed E-state index contributed by atoms with van der Waals surface area (Å²) in [5, 5.41) is 3.84. The summed E-state index contributed by atoms with van der Waals surface area (Å²) < 4.78 is 0. The lowest BCUT2D eigenvalue weighted by Gasteiger charge is -2.06. The second-order valence-electron chi connectivity index (χ2n) is 3.97. The number of carbonyl (C=O) groups is 1. The molecule has 0 radical (unpaired) electrons. The van der Waals surface area contributed by atoms with E-state index in [0.717, 1.165) is 12.0 Å². The van der Waals surface area contributed by atoms with Crippen molar-refractivity contribution in [3.05, 3.63) is 63.9 Å². The van der Waals surface area contributed by atoms with Crippen LogP contribution in [0.1, 0.15) is 16.1 Å². The Balaban J connectivity index is 1.88. The van der Waals surface area contributed by atoms with Gasteiger partial charge in [-0.2, -0.15) is 0 Å². The van der Waals surface area contributed by atoms with E-state index in [-0.39, 0.29) is 11.6 Å². The van der Waals surface area contributed by atoms with Crippen molar-refractivity contribution in [2.45, 2.75) is 6.42 Å². The molecule has 2 rings (SSSR count). The maximum atomic E-state index is 11.8. The molecular formula is C14H12Cl2N2O. The highest BCUT2D eigenvalue weighted by atomic mass is 35.5. The molecule has 0 fully saturated rings. The van der Waals surface area contributed by atoms with Crippen LogP contribution in [-0.4, -0.2) is 17.4 Å². The molecule has 1 heterocycles.